The molecule has 1 aromatic heterocycles. The van der Waals surface area contributed by atoms with Crippen LogP contribution in [-0.2, 0) is 4.79 Å². The number of hydrogen-bond donors (Lipinski definition) is 0. The van der Waals surface area contributed by atoms with E-state index >= 15 is 0 Å². The first kappa shape index (κ1) is 8.93. The van der Waals surface area contributed by atoms with E-state index in [2.05, 4.69) is 4.98 Å². The van der Waals surface area contributed by atoms with Crippen molar-refractivity contribution in [2.24, 2.45) is 0 Å². The SMILES string of the molecule is CC/C=C/C(=O)Oc1nccs1. The highest BCUT2D eigenvalue weighted by Gasteiger charge is 2.00. The molecule has 0 fully saturated rings. The minimum Gasteiger partial charge on any atom is -0.395 e. The topological polar surface area (TPSA) is 39.2 Å². The Labute approximate surface area is 74.7 Å². The second-order valence-electron chi connectivity index (χ2n) is 2.03. The molecule has 1 heterocycles. The number of nitrogens with zero attached hydrogens (tertiary/aromatic N) is 1. The van der Waals surface area contributed by atoms with Crippen LogP contribution in [0.2, 0.25) is 0 Å². The summed E-state index contributed by atoms with van der Waals surface area (Å²) in [4.78, 5) is 14.7. The summed E-state index contributed by atoms with van der Waals surface area (Å²) in [6.45, 7) is 1.95. The number of thiazole rings is 1. The predicted molar refractivity (Wildman–Crippen MR) is 47.2 cm³/mol. The summed E-state index contributed by atoms with van der Waals surface area (Å²) in [5, 5.41) is 2.15. The highest BCUT2D eigenvalue weighted by atomic mass is 32.1. The van der Waals surface area contributed by atoms with Gasteiger partial charge in [-0.1, -0.05) is 24.3 Å². The van der Waals surface area contributed by atoms with Crippen LogP contribution >= 0.6 is 11.3 Å². The highest BCUT2D eigenvalue weighted by molar-refractivity contribution is 7.11. The molecular weight excluding hydrogens is 174 g/mol. The number of aromatic nitrogens is 1. The second-order valence-corrected chi connectivity index (χ2v) is 2.89. The Morgan fingerprint density at radius 1 is 1.83 bits per heavy atom. The lowest BCUT2D eigenvalue weighted by molar-refractivity contribution is -0.129. The monoisotopic (exact) mass is 183 g/mol. The summed E-state index contributed by atoms with van der Waals surface area (Å²) in [7, 11) is 0. The number of carbonyl (C=O) groups is 1. The Hall–Kier alpha value is -1.16. The molecule has 0 bridgehead atoms. The van der Waals surface area contributed by atoms with Crippen LogP contribution in [0.3, 0.4) is 0 Å². The van der Waals surface area contributed by atoms with Crippen molar-refractivity contribution in [3.05, 3.63) is 23.7 Å². The number of ether oxygens (including phenoxy) is 1. The molecule has 0 aliphatic carbocycles. The van der Waals surface area contributed by atoms with E-state index in [1.54, 1.807) is 17.7 Å². The van der Waals surface area contributed by atoms with E-state index in [0.29, 0.717) is 5.19 Å². The summed E-state index contributed by atoms with van der Waals surface area (Å²) in [5.74, 6) is -0.369. The summed E-state index contributed by atoms with van der Waals surface area (Å²) in [5.41, 5.74) is 0. The van der Waals surface area contributed by atoms with E-state index in [9.17, 15) is 4.79 Å². The molecule has 0 spiro atoms. The normalized spacial score (nSPS) is 10.4. The van der Waals surface area contributed by atoms with Crippen LogP contribution in [0, 0.1) is 0 Å². The maximum atomic E-state index is 10.9. The van der Waals surface area contributed by atoms with Gasteiger partial charge in [0.25, 0.3) is 5.19 Å². The first-order valence-electron chi connectivity index (χ1n) is 3.60. The first-order valence-corrected chi connectivity index (χ1v) is 4.48. The average Bonchev–Trinajstić information content (AvgIpc) is 2.53. The van der Waals surface area contributed by atoms with E-state index in [-0.39, 0.29) is 5.97 Å². The van der Waals surface area contributed by atoms with E-state index in [1.165, 1.54) is 17.4 Å². The van der Waals surface area contributed by atoms with Gasteiger partial charge in [0.05, 0.1) is 0 Å². The van der Waals surface area contributed by atoms with Gasteiger partial charge in [-0.25, -0.2) is 9.78 Å². The fourth-order valence-electron chi connectivity index (χ4n) is 0.595. The van der Waals surface area contributed by atoms with Gasteiger partial charge in [0.2, 0.25) is 0 Å². The lowest BCUT2D eigenvalue weighted by Crippen LogP contribution is -2.02. The summed E-state index contributed by atoms with van der Waals surface area (Å²) >= 11 is 1.30. The van der Waals surface area contributed by atoms with Gasteiger partial charge < -0.3 is 4.74 Å². The van der Waals surface area contributed by atoms with Crippen LogP contribution in [0.15, 0.2) is 23.7 Å². The molecule has 4 heteroatoms. The molecule has 64 valence electrons. The molecule has 0 aliphatic rings. The first-order chi connectivity index (χ1) is 5.83. The lowest BCUT2D eigenvalue weighted by atomic mass is 10.4. The zero-order valence-corrected chi connectivity index (χ0v) is 7.50. The van der Waals surface area contributed by atoms with Crippen molar-refractivity contribution in [3.8, 4) is 5.19 Å². The Balaban J connectivity index is 2.42. The Morgan fingerprint density at radius 2 is 2.67 bits per heavy atom. The zero-order chi connectivity index (χ0) is 8.81. The second kappa shape index (κ2) is 4.66. The Kier molecular flexibility index (Phi) is 3.47. The molecule has 3 nitrogen and oxygen atoms in total. The minimum absolute atomic E-state index is 0.369. The third-order valence-electron chi connectivity index (χ3n) is 1.09. The molecule has 0 aromatic carbocycles. The van der Waals surface area contributed by atoms with Crippen molar-refractivity contribution in [1.29, 1.82) is 0 Å². The molecule has 0 saturated heterocycles. The molecule has 0 atom stereocenters. The van der Waals surface area contributed by atoms with E-state index in [1.807, 2.05) is 6.92 Å². The van der Waals surface area contributed by atoms with E-state index in [4.69, 9.17) is 4.74 Å². The molecule has 1 aromatic rings. The summed E-state index contributed by atoms with van der Waals surface area (Å²) < 4.78 is 4.84. The smallest absolute Gasteiger partial charge is 0.337 e. The number of hydrogen-bond acceptors (Lipinski definition) is 4. The van der Waals surface area contributed by atoms with Gasteiger partial charge in [-0.15, -0.1) is 0 Å². The quantitative estimate of drug-likeness (QED) is 0.531. The molecule has 0 saturated carbocycles. The van der Waals surface area contributed by atoms with Crippen LogP contribution in [0.5, 0.6) is 5.19 Å². The van der Waals surface area contributed by atoms with Crippen LogP contribution in [0.4, 0.5) is 0 Å². The molecule has 0 aliphatic heterocycles. The van der Waals surface area contributed by atoms with Gasteiger partial charge in [0.1, 0.15) is 0 Å². The van der Waals surface area contributed by atoms with Crippen molar-refractivity contribution >= 4 is 17.3 Å². The number of carbonyl (C=O) groups excluding carboxylic acids is 1. The standard InChI is InChI=1S/C8H9NO2S/c1-2-3-4-7(10)11-8-9-5-6-12-8/h3-6H,2H2,1H3/b4-3+. The zero-order valence-electron chi connectivity index (χ0n) is 6.69. The average molecular weight is 183 g/mol. The number of rotatable bonds is 3. The van der Waals surface area contributed by atoms with Crippen molar-refractivity contribution < 1.29 is 9.53 Å². The van der Waals surface area contributed by atoms with E-state index < -0.39 is 0 Å². The maximum Gasteiger partial charge on any atom is 0.337 e. The molecule has 0 amide bonds. The maximum absolute atomic E-state index is 10.9. The summed E-state index contributed by atoms with van der Waals surface area (Å²) in [6, 6.07) is 0. The van der Waals surface area contributed by atoms with Gasteiger partial charge in [-0.3, -0.25) is 0 Å². The van der Waals surface area contributed by atoms with Gasteiger partial charge in [-0.2, -0.15) is 0 Å². The summed E-state index contributed by atoms with van der Waals surface area (Å²) in [6.07, 6.45) is 5.57. The number of allylic oxidation sites excluding steroid dienone is 1. The molecule has 0 N–H and O–H groups in total. The van der Waals surface area contributed by atoms with Crippen molar-refractivity contribution in [3.63, 3.8) is 0 Å². The Bertz CT molecular complexity index is 267. The van der Waals surface area contributed by atoms with E-state index in [0.717, 1.165) is 6.42 Å². The largest absolute Gasteiger partial charge is 0.395 e. The van der Waals surface area contributed by atoms with Crippen LogP contribution in [-0.4, -0.2) is 11.0 Å². The van der Waals surface area contributed by atoms with Gasteiger partial charge >= 0.3 is 5.97 Å². The fourth-order valence-corrected chi connectivity index (χ4v) is 1.09. The minimum atomic E-state index is -0.369. The molecule has 1 rings (SSSR count). The Morgan fingerprint density at radius 3 is 3.25 bits per heavy atom. The third kappa shape index (κ3) is 2.84. The van der Waals surface area contributed by atoms with Crippen LogP contribution < -0.4 is 4.74 Å². The highest BCUT2D eigenvalue weighted by Crippen LogP contribution is 2.13. The van der Waals surface area contributed by atoms with Crippen LogP contribution in [0.1, 0.15) is 13.3 Å². The molecule has 0 radical (unpaired) electrons. The van der Waals surface area contributed by atoms with Crippen molar-refractivity contribution in [1.82, 2.24) is 4.98 Å². The fraction of sp³-hybridized carbons (Fsp3) is 0.250. The van der Waals surface area contributed by atoms with Crippen LogP contribution in [0.25, 0.3) is 0 Å². The molecule has 12 heavy (non-hydrogen) atoms. The third-order valence-corrected chi connectivity index (χ3v) is 1.74. The van der Waals surface area contributed by atoms with Gasteiger partial charge in [0, 0.05) is 17.7 Å². The molecule has 0 unspecified atom stereocenters. The van der Waals surface area contributed by atoms with Crippen molar-refractivity contribution in [2.45, 2.75) is 13.3 Å². The van der Waals surface area contributed by atoms with Crippen molar-refractivity contribution in [2.75, 3.05) is 0 Å². The number of esters is 1. The van der Waals surface area contributed by atoms with Gasteiger partial charge in [0.15, 0.2) is 0 Å². The molecular formula is C8H9NO2S. The lowest BCUT2D eigenvalue weighted by Gasteiger charge is -1.92. The predicted octanol–water partition coefficient (Wildman–Crippen LogP) is 2.01. The van der Waals surface area contributed by atoms with Gasteiger partial charge in [-0.05, 0) is 6.42 Å².